The molecule has 9 rings (SSSR count). The van der Waals surface area contributed by atoms with Gasteiger partial charge in [-0.1, -0.05) is 43.3 Å². The Labute approximate surface area is 362 Å². The molecule has 3 N–H and O–H groups in total. The van der Waals surface area contributed by atoms with Crippen LogP contribution in [-0.2, 0) is 42.1 Å². The third-order valence-corrected chi connectivity index (χ3v) is 13.0. The van der Waals surface area contributed by atoms with Gasteiger partial charge in [-0.3, -0.25) is 32.3 Å². The van der Waals surface area contributed by atoms with E-state index in [1.54, 1.807) is 67.6 Å². The summed E-state index contributed by atoms with van der Waals surface area (Å²) < 4.78 is 99.0. The zero-order valence-electron chi connectivity index (χ0n) is 33.3. The van der Waals surface area contributed by atoms with Crippen LogP contribution in [0.4, 0.5) is 16.0 Å². The lowest BCUT2D eigenvalue weighted by molar-refractivity contribution is -0.0518. The average molecular weight is 919 g/mol. The van der Waals surface area contributed by atoms with Crippen LogP contribution in [0.15, 0.2) is 86.0 Å². The Morgan fingerprint density at radius 3 is 2.00 bits per heavy atom. The first-order valence-corrected chi connectivity index (χ1v) is 22.4. The van der Waals surface area contributed by atoms with Crippen LogP contribution >= 0.6 is 7.82 Å². The SMILES string of the molecule is [C-]#[N+]CCOP1(=O)OC[C@H]2OC(n3cnc4c(NC(=O)c5ccccc5)ncnc43)[C@H](OS(=O)(=O)NC[C@H]3OC(n4cnc5c(NC(=O)c6ccccc6)ncnc54)[C@H](F)[C@@H]3O1)[C@@H]2C. The summed E-state index contributed by atoms with van der Waals surface area (Å²) in [5.74, 6) is -1.70. The molecule has 26 heteroatoms. The number of hydrogen-bond acceptors (Lipinski definition) is 17. The second-order valence-corrected chi connectivity index (χ2v) is 17.6. The molecule has 7 heterocycles. The summed E-state index contributed by atoms with van der Waals surface area (Å²) in [5.41, 5.74) is 1.07. The van der Waals surface area contributed by atoms with E-state index in [0.29, 0.717) is 11.1 Å². The fraction of sp³-hybridized carbons (Fsp3) is 0.342. The monoisotopic (exact) mass is 918 g/mol. The van der Waals surface area contributed by atoms with Gasteiger partial charge >= 0.3 is 18.1 Å². The number of rotatable bonds is 9. The summed E-state index contributed by atoms with van der Waals surface area (Å²) in [5, 5.41) is 5.38. The Morgan fingerprint density at radius 2 is 1.42 bits per heavy atom. The number of nitrogens with one attached hydrogen (secondary N) is 3. The van der Waals surface area contributed by atoms with Crippen LogP contribution in [0.3, 0.4) is 0 Å². The number of fused-ring (bicyclic) bond motifs is 5. The van der Waals surface area contributed by atoms with E-state index in [4.69, 9.17) is 33.8 Å². The first-order valence-electron chi connectivity index (χ1n) is 19.5. The van der Waals surface area contributed by atoms with E-state index in [1.807, 2.05) is 0 Å². The lowest BCUT2D eigenvalue weighted by Crippen LogP contribution is -2.42. The number of alkyl halides is 1. The second kappa shape index (κ2) is 17.8. The molecule has 2 bridgehead atoms. The van der Waals surface area contributed by atoms with Crippen molar-refractivity contribution in [1.82, 2.24) is 43.8 Å². The second-order valence-electron chi connectivity index (χ2n) is 14.6. The van der Waals surface area contributed by atoms with Crippen molar-refractivity contribution in [3.8, 4) is 0 Å². The maximum absolute atomic E-state index is 16.8. The average Bonchev–Trinajstić information content (AvgIpc) is 4.07. The van der Waals surface area contributed by atoms with Gasteiger partial charge in [-0.2, -0.15) is 13.1 Å². The van der Waals surface area contributed by atoms with E-state index in [1.165, 1.54) is 28.1 Å². The minimum absolute atomic E-state index is 0.0108. The fourth-order valence-electron chi connectivity index (χ4n) is 7.38. The molecule has 9 atom stereocenters. The normalized spacial score (nSPS) is 28.0. The van der Waals surface area contributed by atoms with E-state index >= 15 is 4.39 Å². The first kappa shape index (κ1) is 43.1. The van der Waals surface area contributed by atoms with Crippen molar-refractivity contribution < 1.29 is 54.2 Å². The van der Waals surface area contributed by atoms with Gasteiger partial charge in [0.1, 0.15) is 37.6 Å². The molecule has 3 saturated heterocycles. The maximum atomic E-state index is 16.8. The van der Waals surface area contributed by atoms with Crippen LogP contribution in [0, 0.1) is 12.5 Å². The molecule has 23 nitrogen and oxygen atoms in total. The quantitative estimate of drug-likeness (QED) is 0.106. The standard InChI is InChI=1S/C38H36FN12O11PS/c1-21-25-16-58-63(54,57-14-13-40-2)61-30-24(59-37(26(30)39)50-19-45-27-31(41-17-43-33(27)50)48-35(52)22-9-5-3-6-10-22)15-47-64(55,56)62-29(21)38(60-25)51-20-46-28-32(42-18-44-34(28)51)49-36(53)23-11-7-4-8-12-23/h3-12,17-21,24-26,29-30,37-38,47H,13-16H2,1H3,(H,41,43,48,52)(H,42,44,49,53)/t21-,24-,25-,26-,29-,30-,37?,38?,63?/m1/s1. The number of aromatic nitrogens is 8. The molecule has 3 aliphatic heterocycles. The molecule has 3 unspecified atom stereocenters. The first-order chi connectivity index (χ1) is 30.9. The lowest BCUT2D eigenvalue weighted by Gasteiger charge is -2.26. The number of amides is 2. The van der Waals surface area contributed by atoms with Gasteiger partial charge in [-0.25, -0.2) is 49.6 Å². The van der Waals surface area contributed by atoms with E-state index in [9.17, 15) is 22.6 Å². The Bertz CT molecular complexity index is 2910. The van der Waals surface area contributed by atoms with Crippen molar-refractivity contribution in [2.45, 2.75) is 50.0 Å². The number of carbonyl (C=O) groups excluding carboxylic acids is 2. The molecule has 0 spiro atoms. The Morgan fingerprint density at radius 1 is 0.859 bits per heavy atom. The van der Waals surface area contributed by atoms with Crippen molar-refractivity contribution in [3.05, 3.63) is 109 Å². The van der Waals surface area contributed by atoms with E-state index in [2.05, 4.69) is 50.1 Å². The number of carbonyl (C=O) groups is 2. The molecule has 2 aromatic carbocycles. The third-order valence-electron chi connectivity index (χ3n) is 10.6. The van der Waals surface area contributed by atoms with Crippen molar-refractivity contribution in [3.63, 3.8) is 0 Å². The summed E-state index contributed by atoms with van der Waals surface area (Å²) in [6.45, 7) is 6.87. The van der Waals surface area contributed by atoms with Gasteiger partial charge in [0.2, 0.25) is 6.54 Å². The predicted octanol–water partition coefficient (Wildman–Crippen LogP) is 3.62. The topological polar surface area (TPSA) is 268 Å². The van der Waals surface area contributed by atoms with Crippen LogP contribution in [0.5, 0.6) is 0 Å². The van der Waals surface area contributed by atoms with Gasteiger partial charge in [0.15, 0.2) is 52.6 Å². The van der Waals surface area contributed by atoms with Gasteiger partial charge in [0.25, 0.3) is 11.8 Å². The Hall–Kier alpha value is -6.20. The summed E-state index contributed by atoms with van der Waals surface area (Å²) in [7, 11) is -9.55. The number of phosphoric ester groups is 1. The molecule has 0 radical (unpaired) electrons. The highest BCUT2D eigenvalue weighted by Gasteiger charge is 2.53. The highest BCUT2D eigenvalue weighted by molar-refractivity contribution is 7.84. The molecule has 6 aromatic rings. The van der Waals surface area contributed by atoms with Crippen molar-refractivity contribution in [2.75, 3.05) is 36.9 Å². The lowest BCUT2D eigenvalue weighted by atomic mass is 10.0. The smallest absolute Gasteiger partial charge is 0.349 e. The van der Waals surface area contributed by atoms with Crippen LogP contribution in [0.1, 0.15) is 40.1 Å². The maximum Gasteiger partial charge on any atom is 0.475 e. The van der Waals surface area contributed by atoms with Crippen molar-refractivity contribution in [1.29, 1.82) is 0 Å². The molecule has 0 saturated carbocycles. The molecule has 2 amide bonds. The summed E-state index contributed by atoms with van der Waals surface area (Å²) in [6.07, 6.45) is -6.01. The van der Waals surface area contributed by atoms with Crippen LogP contribution in [0.2, 0.25) is 0 Å². The molecular weight excluding hydrogens is 883 g/mol. The Kier molecular flexibility index (Phi) is 11.9. The van der Waals surface area contributed by atoms with Crippen LogP contribution in [0.25, 0.3) is 27.2 Å². The van der Waals surface area contributed by atoms with Gasteiger partial charge in [0.05, 0.1) is 25.4 Å². The predicted molar refractivity (Wildman–Crippen MR) is 219 cm³/mol. The van der Waals surface area contributed by atoms with Gasteiger partial charge in [-0.05, 0) is 24.3 Å². The summed E-state index contributed by atoms with van der Waals surface area (Å²) >= 11 is 0. The van der Waals surface area contributed by atoms with Gasteiger partial charge in [0, 0.05) is 23.6 Å². The third kappa shape index (κ3) is 8.57. The van der Waals surface area contributed by atoms with E-state index in [-0.39, 0.29) is 40.5 Å². The minimum atomic E-state index is -4.82. The number of halogens is 1. The van der Waals surface area contributed by atoms with Gasteiger partial charge < -0.3 is 25.0 Å². The molecule has 3 aliphatic rings. The number of imidazole rings is 2. The highest BCUT2D eigenvalue weighted by atomic mass is 32.2. The minimum Gasteiger partial charge on any atom is -0.349 e. The Balaban J connectivity index is 1.00. The van der Waals surface area contributed by atoms with Crippen LogP contribution in [-0.4, -0.2) is 116 Å². The molecule has 0 aliphatic carbocycles. The number of anilines is 2. The van der Waals surface area contributed by atoms with E-state index < -0.39 is 98.7 Å². The number of phosphoric acid groups is 1. The molecular formula is C38H36FN12O11PS. The zero-order valence-corrected chi connectivity index (χ0v) is 35.0. The van der Waals surface area contributed by atoms with Crippen LogP contribution < -0.4 is 15.4 Å². The number of ether oxygens (including phenoxy) is 2. The summed E-state index contributed by atoms with van der Waals surface area (Å²) in [4.78, 5) is 54.7. The van der Waals surface area contributed by atoms with Crippen molar-refractivity contribution in [2.24, 2.45) is 5.92 Å². The fourth-order valence-corrected chi connectivity index (χ4v) is 9.76. The number of nitrogens with zero attached hydrogens (tertiary/aromatic N) is 9. The largest absolute Gasteiger partial charge is 0.475 e. The molecule has 332 valence electrons. The number of benzene rings is 2. The molecule has 64 heavy (non-hydrogen) atoms. The van der Waals surface area contributed by atoms with E-state index in [0.717, 1.165) is 6.33 Å². The summed E-state index contributed by atoms with van der Waals surface area (Å²) in [6, 6.07) is 16.7. The number of hydrogen-bond donors (Lipinski definition) is 3. The van der Waals surface area contributed by atoms with Crippen molar-refractivity contribution >= 4 is 63.9 Å². The highest BCUT2D eigenvalue weighted by Crippen LogP contribution is 2.55. The van der Waals surface area contributed by atoms with Gasteiger partial charge in [-0.15, -0.1) is 0 Å². The molecule has 3 fully saturated rings. The molecule has 4 aromatic heterocycles. The zero-order chi connectivity index (χ0) is 44.6.